The van der Waals surface area contributed by atoms with Crippen LogP contribution in [0.4, 0.5) is 11.4 Å². The first-order valence-corrected chi connectivity index (χ1v) is 14.1. The van der Waals surface area contributed by atoms with Gasteiger partial charge in [-0.2, -0.15) is 0 Å². The number of rotatable bonds is 11. The molecule has 1 aromatic heterocycles. The van der Waals surface area contributed by atoms with Gasteiger partial charge < -0.3 is 19.7 Å². The minimum Gasteiger partial charge on any atom is -0.494 e. The minimum atomic E-state index is -0.759. The highest BCUT2D eigenvalue weighted by atomic mass is 32.1. The Balaban J connectivity index is 1.53. The maximum atomic E-state index is 13.7. The third-order valence-electron chi connectivity index (χ3n) is 6.33. The first-order valence-electron chi connectivity index (χ1n) is 12.8. The smallest absolute Gasteiger partial charge is 0.338 e. The number of amides is 2. The molecule has 1 saturated heterocycles. The fourth-order valence-corrected chi connectivity index (χ4v) is 5.67. The Morgan fingerprint density at radius 3 is 2.36 bits per heavy atom. The number of thiocarbonyl (C=S) groups is 1. The molecule has 2 amide bonds. The van der Waals surface area contributed by atoms with E-state index in [1.807, 2.05) is 17.2 Å². The van der Waals surface area contributed by atoms with Crippen LogP contribution in [0.25, 0.3) is 0 Å². The Morgan fingerprint density at radius 1 is 1.03 bits per heavy atom. The molecule has 2 heterocycles. The van der Waals surface area contributed by atoms with Gasteiger partial charge in [0, 0.05) is 17.1 Å². The lowest BCUT2D eigenvalue weighted by molar-refractivity contribution is -0.124. The molecule has 1 N–H and O–H groups in total. The van der Waals surface area contributed by atoms with Crippen LogP contribution in [0.5, 0.6) is 5.75 Å². The Kier molecular flexibility index (Phi) is 9.32. The molecule has 1 unspecified atom stereocenters. The van der Waals surface area contributed by atoms with Gasteiger partial charge in [-0.25, -0.2) is 4.79 Å². The molecule has 0 spiro atoms. The number of nitrogens with zero attached hydrogens (tertiary/aromatic N) is 2. The predicted molar refractivity (Wildman–Crippen MR) is 157 cm³/mol. The topological polar surface area (TPSA) is 88.2 Å². The highest BCUT2D eigenvalue weighted by Gasteiger charge is 2.44. The molecule has 1 aliphatic heterocycles. The summed E-state index contributed by atoms with van der Waals surface area (Å²) in [5.41, 5.74) is 2.72. The van der Waals surface area contributed by atoms with Gasteiger partial charge in [0.15, 0.2) is 5.11 Å². The van der Waals surface area contributed by atoms with Gasteiger partial charge in [-0.15, -0.1) is 11.3 Å². The first-order chi connectivity index (χ1) is 18.8. The van der Waals surface area contributed by atoms with Crippen molar-refractivity contribution >= 4 is 57.8 Å². The average molecular weight is 566 g/mol. The summed E-state index contributed by atoms with van der Waals surface area (Å²) < 4.78 is 10.5. The zero-order chi connectivity index (χ0) is 27.9. The lowest BCUT2D eigenvalue weighted by Gasteiger charge is -2.24. The summed E-state index contributed by atoms with van der Waals surface area (Å²) in [5, 5.41) is 5.24. The first kappa shape index (κ1) is 28.3. The van der Waals surface area contributed by atoms with Crippen LogP contribution in [0.3, 0.4) is 0 Å². The number of aryl methyl sites for hydroxylation is 1. The summed E-state index contributed by atoms with van der Waals surface area (Å²) in [6.07, 6.45) is 0.635. The summed E-state index contributed by atoms with van der Waals surface area (Å²) in [6, 6.07) is 14.9. The van der Waals surface area contributed by atoms with Crippen LogP contribution in [-0.2, 0) is 20.7 Å². The van der Waals surface area contributed by atoms with Crippen LogP contribution in [0.15, 0.2) is 60.0 Å². The highest BCUT2D eigenvalue weighted by molar-refractivity contribution is 7.80. The number of esters is 1. The number of ether oxygens (including phenoxy) is 2. The van der Waals surface area contributed by atoms with Gasteiger partial charge >= 0.3 is 5.97 Å². The van der Waals surface area contributed by atoms with Crippen molar-refractivity contribution in [2.75, 3.05) is 30.0 Å². The molecular formula is C29H31N3O5S2. The molecule has 0 aliphatic carbocycles. The number of nitrogens with one attached hydrogen (secondary N) is 1. The number of hydrogen-bond donors (Lipinski definition) is 1. The van der Waals surface area contributed by atoms with E-state index >= 15 is 0 Å². The van der Waals surface area contributed by atoms with Crippen molar-refractivity contribution in [3.63, 3.8) is 0 Å². The third-order valence-corrected chi connectivity index (χ3v) is 7.83. The molecule has 0 radical (unpaired) electrons. The predicted octanol–water partition coefficient (Wildman–Crippen LogP) is 5.21. The summed E-state index contributed by atoms with van der Waals surface area (Å²) in [7, 11) is 0. The van der Waals surface area contributed by atoms with E-state index in [-0.39, 0.29) is 24.8 Å². The van der Waals surface area contributed by atoms with E-state index in [1.165, 1.54) is 15.3 Å². The zero-order valence-electron chi connectivity index (χ0n) is 22.1. The standard InChI is InChI=1S/C29H31N3O5S2/c1-4-36-23-12-8-21(9-13-23)30-26(33)18-24-27(34)32(22-10-6-20(7-11-22)28(35)37-5-2)29(38)31(24)16-14-25-19(3)15-17-39-25/h6-13,15,17,24H,4-5,14,16,18H2,1-3H3,(H,30,33). The summed E-state index contributed by atoms with van der Waals surface area (Å²) in [4.78, 5) is 43.3. The molecule has 0 bridgehead atoms. The zero-order valence-corrected chi connectivity index (χ0v) is 23.8. The van der Waals surface area contributed by atoms with E-state index in [1.54, 1.807) is 66.8 Å². The van der Waals surface area contributed by atoms with Gasteiger partial charge in [-0.1, -0.05) is 0 Å². The van der Waals surface area contributed by atoms with Crippen LogP contribution in [-0.4, -0.2) is 53.6 Å². The maximum Gasteiger partial charge on any atom is 0.338 e. The number of carbonyl (C=O) groups excluding carboxylic acids is 3. The number of hydrogen-bond acceptors (Lipinski definition) is 7. The maximum absolute atomic E-state index is 13.7. The van der Waals surface area contributed by atoms with E-state index in [2.05, 4.69) is 18.3 Å². The van der Waals surface area contributed by atoms with Gasteiger partial charge in [0.2, 0.25) is 5.91 Å². The van der Waals surface area contributed by atoms with Crippen LogP contribution in [0.2, 0.25) is 0 Å². The van der Waals surface area contributed by atoms with Crippen molar-refractivity contribution in [3.05, 3.63) is 76.0 Å². The number of benzene rings is 2. The summed E-state index contributed by atoms with van der Waals surface area (Å²) in [6.45, 7) is 7.02. The largest absolute Gasteiger partial charge is 0.494 e. The van der Waals surface area contributed by atoms with Crippen molar-refractivity contribution in [1.29, 1.82) is 0 Å². The number of thiophene rings is 1. The molecule has 39 heavy (non-hydrogen) atoms. The van der Waals surface area contributed by atoms with E-state index in [0.29, 0.717) is 47.4 Å². The van der Waals surface area contributed by atoms with Gasteiger partial charge in [-0.3, -0.25) is 14.5 Å². The molecule has 1 atom stereocenters. The molecule has 3 aromatic rings. The van der Waals surface area contributed by atoms with Crippen molar-refractivity contribution in [2.45, 2.75) is 39.7 Å². The Labute approximate surface area is 237 Å². The van der Waals surface area contributed by atoms with E-state index in [4.69, 9.17) is 21.7 Å². The average Bonchev–Trinajstić information content (AvgIpc) is 3.43. The monoisotopic (exact) mass is 565 g/mol. The van der Waals surface area contributed by atoms with Crippen molar-refractivity contribution < 1.29 is 23.9 Å². The second kappa shape index (κ2) is 12.9. The SMILES string of the molecule is CCOC(=O)c1ccc(N2C(=O)C(CC(=O)Nc3ccc(OCC)cc3)N(CCc3sccc3C)C2=S)cc1. The molecular weight excluding hydrogens is 534 g/mol. The van der Waals surface area contributed by atoms with Crippen molar-refractivity contribution in [1.82, 2.24) is 4.90 Å². The Bertz CT molecular complexity index is 1340. The summed E-state index contributed by atoms with van der Waals surface area (Å²) >= 11 is 7.43. The Hall–Kier alpha value is -3.76. The van der Waals surface area contributed by atoms with Gasteiger partial charge in [0.05, 0.1) is 30.9 Å². The fourth-order valence-electron chi connectivity index (χ4n) is 4.36. The second-order valence-corrected chi connectivity index (χ2v) is 10.3. The van der Waals surface area contributed by atoms with Crippen molar-refractivity contribution in [3.8, 4) is 5.75 Å². The van der Waals surface area contributed by atoms with Crippen LogP contribution in [0.1, 0.15) is 41.1 Å². The molecule has 4 rings (SSSR count). The molecule has 0 saturated carbocycles. The minimum absolute atomic E-state index is 0.0625. The quantitative estimate of drug-likeness (QED) is 0.252. The fraction of sp³-hybridized carbons (Fsp3) is 0.310. The third kappa shape index (κ3) is 6.63. The van der Waals surface area contributed by atoms with E-state index < -0.39 is 12.0 Å². The molecule has 2 aromatic carbocycles. The highest BCUT2D eigenvalue weighted by Crippen LogP contribution is 2.29. The van der Waals surface area contributed by atoms with E-state index in [9.17, 15) is 14.4 Å². The molecule has 1 aliphatic rings. The normalized spacial score (nSPS) is 15.0. The number of carbonyl (C=O) groups is 3. The van der Waals surface area contributed by atoms with Crippen LogP contribution >= 0.6 is 23.6 Å². The molecule has 1 fully saturated rings. The lowest BCUT2D eigenvalue weighted by atomic mass is 10.1. The molecule has 8 nitrogen and oxygen atoms in total. The Morgan fingerprint density at radius 2 is 1.74 bits per heavy atom. The molecule has 10 heteroatoms. The van der Waals surface area contributed by atoms with Crippen LogP contribution in [0, 0.1) is 6.92 Å². The van der Waals surface area contributed by atoms with Gasteiger partial charge in [-0.05, 0) is 105 Å². The van der Waals surface area contributed by atoms with Crippen molar-refractivity contribution in [2.24, 2.45) is 0 Å². The van der Waals surface area contributed by atoms with E-state index in [0.717, 1.165) is 0 Å². The molecule has 204 valence electrons. The number of anilines is 2. The lowest BCUT2D eigenvalue weighted by Crippen LogP contribution is -2.39. The van der Waals surface area contributed by atoms with Gasteiger partial charge in [0.25, 0.3) is 5.91 Å². The van der Waals surface area contributed by atoms with Crippen LogP contribution < -0.4 is 15.0 Å². The van der Waals surface area contributed by atoms with Gasteiger partial charge in [0.1, 0.15) is 11.8 Å². The summed E-state index contributed by atoms with van der Waals surface area (Å²) in [5.74, 6) is -0.298. The second-order valence-electron chi connectivity index (χ2n) is 8.92.